The number of rotatable bonds is 3. The lowest BCUT2D eigenvalue weighted by atomic mass is 10.4. The molecule has 0 N–H and O–H groups in total. The fraction of sp³-hybridized carbons (Fsp3) is 0. The van der Waals surface area contributed by atoms with Gasteiger partial charge in [-0.3, -0.25) is 0 Å². The van der Waals surface area contributed by atoms with Gasteiger partial charge in [0.2, 0.25) is 0 Å². The maximum atomic E-state index is 3.53. The molecular weight excluding hydrogens is 176 g/mol. The molecule has 1 heteroatoms. The van der Waals surface area contributed by atoms with Crippen LogP contribution in [0.3, 0.4) is 0 Å². The van der Waals surface area contributed by atoms with Crippen LogP contribution in [0.15, 0.2) is 48.0 Å². The third-order valence-electron chi connectivity index (χ3n) is 0.653. The van der Waals surface area contributed by atoms with Crippen molar-refractivity contribution in [1.82, 2.24) is 0 Å². The van der Waals surface area contributed by atoms with E-state index < -0.39 is 0 Å². The highest BCUT2D eigenvalue weighted by Crippen LogP contribution is 1.84. The van der Waals surface area contributed by atoms with Gasteiger partial charge in [0, 0.05) is 0 Å². The Labute approximate surface area is 64.4 Å². The summed E-state index contributed by atoms with van der Waals surface area (Å²) in [5.74, 6) is 0. The molecule has 0 aromatic rings. The first kappa shape index (κ1) is 8.44. The van der Waals surface area contributed by atoms with Crippen LogP contribution in [0, 0.1) is 0 Å². The first-order chi connectivity index (χ1) is 4.41. The second-order valence-electron chi connectivity index (χ2n) is 1.32. The molecule has 0 fully saturated rings. The lowest BCUT2D eigenvalue weighted by molar-refractivity contribution is 1.91. The van der Waals surface area contributed by atoms with Gasteiger partial charge in [-0.05, 0) is 4.99 Å². The smallest absolute Gasteiger partial charge is 0.0189 e. The van der Waals surface area contributed by atoms with Gasteiger partial charge in [0.05, 0.1) is 0 Å². The standard InChI is InChI=1S/C8H9Br/c1-2-3-4-5-6-7-8-9/h2-8H,1H2/b4-3-,6-5-,8-7-. The molecule has 0 spiro atoms. The molecule has 0 amide bonds. The van der Waals surface area contributed by atoms with Crippen LogP contribution in [-0.4, -0.2) is 0 Å². The van der Waals surface area contributed by atoms with Gasteiger partial charge in [0.25, 0.3) is 0 Å². The van der Waals surface area contributed by atoms with Crippen LogP contribution in [0.5, 0.6) is 0 Å². The van der Waals surface area contributed by atoms with E-state index in [0.29, 0.717) is 0 Å². The lowest BCUT2D eigenvalue weighted by Gasteiger charge is -1.68. The predicted molar refractivity (Wildman–Crippen MR) is 46.5 cm³/mol. The summed E-state index contributed by atoms with van der Waals surface area (Å²) in [6, 6.07) is 0. The Morgan fingerprint density at radius 1 is 0.889 bits per heavy atom. The van der Waals surface area contributed by atoms with Gasteiger partial charge in [0.15, 0.2) is 0 Å². The fourth-order valence-electron chi connectivity index (χ4n) is 0.313. The molecule has 0 bridgehead atoms. The molecular formula is C8H9Br. The Morgan fingerprint density at radius 2 is 1.44 bits per heavy atom. The molecule has 0 heterocycles. The molecule has 48 valence electrons. The molecule has 0 aromatic carbocycles. The van der Waals surface area contributed by atoms with Crippen molar-refractivity contribution in [1.29, 1.82) is 0 Å². The quantitative estimate of drug-likeness (QED) is 0.592. The van der Waals surface area contributed by atoms with E-state index in [1.165, 1.54) is 0 Å². The zero-order valence-corrected chi connectivity index (χ0v) is 6.71. The maximum absolute atomic E-state index is 3.53. The molecule has 0 aliphatic rings. The SMILES string of the molecule is C=C\C=C/C=C\C=C/Br. The second-order valence-corrected chi connectivity index (χ2v) is 1.85. The molecule has 0 radical (unpaired) electrons. The van der Waals surface area contributed by atoms with E-state index in [1.54, 1.807) is 11.1 Å². The second kappa shape index (κ2) is 7.44. The number of hydrogen-bond donors (Lipinski definition) is 0. The van der Waals surface area contributed by atoms with Crippen molar-refractivity contribution in [3.63, 3.8) is 0 Å². The summed E-state index contributed by atoms with van der Waals surface area (Å²) in [5.41, 5.74) is 0. The molecule has 0 saturated heterocycles. The summed E-state index contributed by atoms with van der Waals surface area (Å²) in [4.78, 5) is 1.80. The van der Waals surface area contributed by atoms with Crippen molar-refractivity contribution < 1.29 is 0 Å². The summed E-state index contributed by atoms with van der Waals surface area (Å²) in [7, 11) is 0. The largest absolute Gasteiger partial charge is 0.0991 e. The lowest BCUT2D eigenvalue weighted by Crippen LogP contribution is -1.46. The monoisotopic (exact) mass is 184 g/mol. The van der Waals surface area contributed by atoms with Gasteiger partial charge < -0.3 is 0 Å². The first-order valence-electron chi connectivity index (χ1n) is 2.63. The van der Waals surface area contributed by atoms with Crippen LogP contribution in [0.2, 0.25) is 0 Å². The van der Waals surface area contributed by atoms with Crippen LogP contribution in [0.25, 0.3) is 0 Å². The number of halogens is 1. The van der Waals surface area contributed by atoms with Gasteiger partial charge in [-0.25, -0.2) is 0 Å². The van der Waals surface area contributed by atoms with Crippen LogP contribution in [0.1, 0.15) is 0 Å². The van der Waals surface area contributed by atoms with E-state index in [4.69, 9.17) is 0 Å². The Bertz CT molecular complexity index is 141. The minimum absolute atomic E-state index is 1.74. The van der Waals surface area contributed by atoms with E-state index in [2.05, 4.69) is 22.5 Å². The minimum atomic E-state index is 1.74. The number of hydrogen-bond acceptors (Lipinski definition) is 0. The molecule has 0 saturated carbocycles. The zero-order valence-electron chi connectivity index (χ0n) is 5.13. The van der Waals surface area contributed by atoms with Crippen molar-refractivity contribution in [2.75, 3.05) is 0 Å². The van der Waals surface area contributed by atoms with Crippen LogP contribution >= 0.6 is 15.9 Å². The zero-order chi connectivity index (χ0) is 6.95. The van der Waals surface area contributed by atoms with Crippen molar-refractivity contribution in [2.45, 2.75) is 0 Å². The Morgan fingerprint density at radius 3 is 2.00 bits per heavy atom. The highest BCUT2D eigenvalue weighted by atomic mass is 79.9. The highest BCUT2D eigenvalue weighted by Gasteiger charge is 1.57. The van der Waals surface area contributed by atoms with Gasteiger partial charge in [-0.2, -0.15) is 0 Å². The average molecular weight is 185 g/mol. The summed E-state index contributed by atoms with van der Waals surface area (Å²) < 4.78 is 0. The van der Waals surface area contributed by atoms with E-state index in [9.17, 15) is 0 Å². The van der Waals surface area contributed by atoms with Gasteiger partial charge in [0.1, 0.15) is 0 Å². The van der Waals surface area contributed by atoms with E-state index in [1.807, 2.05) is 30.4 Å². The van der Waals surface area contributed by atoms with Crippen molar-refractivity contribution in [2.24, 2.45) is 0 Å². The summed E-state index contributed by atoms with van der Waals surface area (Å²) in [6.45, 7) is 3.53. The topological polar surface area (TPSA) is 0 Å². The van der Waals surface area contributed by atoms with Crippen molar-refractivity contribution in [3.8, 4) is 0 Å². The van der Waals surface area contributed by atoms with E-state index in [0.717, 1.165) is 0 Å². The average Bonchev–Trinajstić information content (AvgIpc) is 1.89. The molecule has 0 nitrogen and oxygen atoms in total. The third-order valence-corrected chi connectivity index (χ3v) is 0.958. The molecule has 0 aromatic heterocycles. The van der Waals surface area contributed by atoms with Crippen LogP contribution in [-0.2, 0) is 0 Å². The highest BCUT2D eigenvalue weighted by molar-refractivity contribution is 9.11. The first-order valence-corrected chi connectivity index (χ1v) is 3.54. The summed E-state index contributed by atoms with van der Waals surface area (Å²) in [6.07, 6.45) is 11.3. The van der Waals surface area contributed by atoms with Gasteiger partial charge in [-0.15, -0.1) is 0 Å². The normalized spacial score (nSPS) is 12.1. The molecule has 0 aliphatic carbocycles. The van der Waals surface area contributed by atoms with Crippen LogP contribution < -0.4 is 0 Å². The Hall–Kier alpha value is -0.560. The molecule has 9 heavy (non-hydrogen) atoms. The summed E-state index contributed by atoms with van der Waals surface area (Å²) >= 11 is 3.14. The third kappa shape index (κ3) is 7.44. The van der Waals surface area contributed by atoms with Crippen LogP contribution in [0.4, 0.5) is 0 Å². The van der Waals surface area contributed by atoms with E-state index >= 15 is 0 Å². The van der Waals surface area contributed by atoms with Crippen molar-refractivity contribution in [3.05, 3.63) is 48.0 Å². The maximum Gasteiger partial charge on any atom is -0.0189 e. The molecule has 0 rings (SSSR count). The summed E-state index contributed by atoms with van der Waals surface area (Å²) in [5, 5.41) is 0. The molecule has 0 unspecified atom stereocenters. The molecule has 0 aliphatic heterocycles. The minimum Gasteiger partial charge on any atom is -0.0991 e. The van der Waals surface area contributed by atoms with Gasteiger partial charge in [-0.1, -0.05) is 59.0 Å². The van der Waals surface area contributed by atoms with E-state index in [-0.39, 0.29) is 0 Å². The number of allylic oxidation sites excluding steroid dienone is 6. The molecule has 0 atom stereocenters. The van der Waals surface area contributed by atoms with Gasteiger partial charge >= 0.3 is 0 Å². The van der Waals surface area contributed by atoms with Crippen molar-refractivity contribution >= 4 is 15.9 Å². The Kier molecular flexibility index (Phi) is 6.98. The fourth-order valence-corrected chi connectivity index (χ4v) is 0.489. The Balaban J connectivity index is 3.46. The predicted octanol–water partition coefficient (Wildman–Crippen LogP) is 3.19.